The number of nitrogens with one attached hydrogen (secondary N) is 2. The highest BCUT2D eigenvalue weighted by molar-refractivity contribution is 7.90. The Morgan fingerprint density at radius 3 is 2.20 bits per heavy atom. The molecule has 132 valence electrons. The number of nitrogens with zero attached hydrogens (tertiary/aromatic N) is 2. The van der Waals surface area contributed by atoms with E-state index in [0.717, 1.165) is 12.1 Å². The van der Waals surface area contributed by atoms with Crippen molar-refractivity contribution in [3.63, 3.8) is 0 Å². The molecule has 0 radical (unpaired) electrons. The zero-order valence-corrected chi connectivity index (χ0v) is 15.2. The number of aryl methyl sites for hydroxylation is 2. The van der Waals surface area contributed by atoms with Gasteiger partial charge >= 0.3 is 0 Å². The van der Waals surface area contributed by atoms with E-state index in [2.05, 4.69) is 51.1 Å². The first-order valence-electron chi connectivity index (χ1n) is 8.08. The van der Waals surface area contributed by atoms with E-state index in [1.807, 2.05) is 6.92 Å². The molecule has 0 saturated heterocycles. The minimum atomic E-state index is -3.62. The maximum Gasteiger partial charge on any atom is 0.264 e. The van der Waals surface area contributed by atoms with Gasteiger partial charge < -0.3 is 5.32 Å². The van der Waals surface area contributed by atoms with Crippen molar-refractivity contribution in [1.82, 2.24) is 14.9 Å². The summed E-state index contributed by atoms with van der Waals surface area (Å²) in [4.78, 5) is 6.61. The number of hydrogen-bond acceptors (Lipinski definition) is 5. The van der Waals surface area contributed by atoms with Gasteiger partial charge in [0.05, 0.1) is 18.2 Å². The summed E-state index contributed by atoms with van der Waals surface area (Å²) < 4.78 is 27.2. The largest absolute Gasteiger partial charge is 0.343 e. The standard InChI is InChI=1S/C18H22N4O2S/c1-14-3-7-16(8-4-14)11-22-12-19-18(20-13-22)21-25(23,24)17-9-5-15(2)6-10-17/h3-10H,11-13H2,1-2H3,(H2,19,20,21). The van der Waals surface area contributed by atoms with Crippen LogP contribution in [0.4, 0.5) is 0 Å². The highest BCUT2D eigenvalue weighted by Crippen LogP contribution is 2.11. The molecule has 0 spiro atoms. The van der Waals surface area contributed by atoms with Gasteiger partial charge in [0.2, 0.25) is 5.96 Å². The molecule has 0 aliphatic carbocycles. The fourth-order valence-electron chi connectivity index (χ4n) is 2.49. The average Bonchev–Trinajstić information content (AvgIpc) is 2.59. The Bertz CT molecular complexity index is 859. The van der Waals surface area contributed by atoms with Crippen molar-refractivity contribution in [2.45, 2.75) is 25.3 Å². The molecule has 0 fully saturated rings. The van der Waals surface area contributed by atoms with Crippen molar-refractivity contribution >= 4 is 16.0 Å². The molecule has 1 aliphatic heterocycles. The van der Waals surface area contributed by atoms with Crippen molar-refractivity contribution < 1.29 is 8.42 Å². The highest BCUT2D eigenvalue weighted by atomic mass is 32.2. The van der Waals surface area contributed by atoms with Gasteiger partial charge in [-0.15, -0.1) is 0 Å². The fraction of sp³-hybridized carbons (Fsp3) is 0.278. The number of rotatable bonds is 4. The van der Waals surface area contributed by atoms with Crippen molar-refractivity contribution in [3.8, 4) is 0 Å². The topological polar surface area (TPSA) is 73.8 Å². The summed E-state index contributed by atoms with van der Waals surface area (Å²) >= 11 is 0. The second-order valence-electron chi connectivity index (χ2n) is 6.22. The number of benzene rings is 2. The van der Waals surface area contributed by atoms with Gasteiger partial charge in [0, 0.05) is 6.54 Å². The number of hydrogen-bond donors (Lipinski definition) is 2. The molecule has 7 heteroatoms. The van der Waals surface area contributed by atoms with Crippen LogP contribution < -0.4 is 10.0 Å². The second-order valence-corrected chi connectivity index (χ2v) is 7.90. The lowest BCUT2D eigenvalue weighted by atomic mass is 10.1. The predicted molar refractivity (Wildman–Crippen MR) is 98.5 cm³/mol. The molecular formula is C18H22N4O2S. The molecule has 25 heavy (non-hydrogen) atoms. The van der Waals surface area contributed by atoms with E-state index in [-0.39, 0.29) is 10.9 Å². The van der Waals surface area contributed by atoms with Crippen LogP contribution in [0.25, 0.3) is 0 Å². The SMILES string of the molecule is Cc1ccc(CN2CN=C(NS(=O)(=O)c3ccc(C)cc3)NC2)cc1. The third-order valence-corrected chi connectivity index (χ3v) is 5.34. The van der Waals surface area contributed by atoms with Gasteiger partial charge in [-0.05, 0) is 31.5 Å². The van der Waals surface area contributed by atoms with Crippen molar-refractivity contribution in [1.29, 1.82) is 0 Å². The Labute approximate surface area is 148 Å². The molecule has 1 heterocycles. The first-order chi connectivity index (χ1) is 11.9. The normalized spacial score (nSPS) is 15.4. The maximum absolute atomic E-state index is 12.4. The molecule has 1 aliphatic rings. The van der Waals surface area contributed by atoms with Crippen LogP contribution in [-0.2, 0) is 16.6 Å². The summed E-state index contributed by atoms with van der Waals surface area (Å²) in [6.45, 7) is 5.70. The Morgan fingerprint density at radius 2 is 1.64 bits per heavy atom. The predicted octanol–water partition coefficient (Wildman–Crippen LogP) is 1.96. The molecule has 0 atom stereocenters. The minimum Gasteiger partial charge on any atom is -0.343 e. The van der Waals surface area contributed by atoms with E-state index in [1.165, 1.54) is 11.1 Å². The highest BCUT2D eigenvalue weighted by Gasteiger charge is 2.19. The van der Waals surface area contributed by atoms with Crippen LogP contribution in [0, 0.1) is 13.8 Å². The molecular weight excluding hydrogens is 336 g/mol. The van der Waals surface area contributed by atoms with Crippen LogP contribution in [-0.4, -0.2) is 32.6 Å². The van der Waals surface area contributed by atoms with Crippen LogP contribution in [0.5, 0.6) is 0 Å². The Balaban J connectivity index is 1.61. The summed E-state index contributed by atoms with van der Waals surface area (Å²) in [5.74, 6) is 0.278. The fourth-order valence-corrected chi connectivity index (χ4v) is 3.50. The van der Waals surface area contributed by atoms with E-state index in [4.69, 9.17) is 0 Å². The van der Waals surface area contributed by atoms with Gasteiger partial charge in [0.25, 0.3) is 10.0 Å². The smallest absolute Gasteiger partial charge is 0.264 e. The third kappa shape index (κ3) is 4.58. The lowest BCUT2D eigenvalue weighted by Gasteiger charge is -2.27. The van der Waals surface area contributed by atoms with E-state index >= 15 is 0 Å². The van der Waals surface area contributed by atoms with Crippen molar-refractivity contribution in [3.05, 3.63) is 65.2 Å². The van der Waals surface area contributed by atoms with E-state index in [1.54, 1.807) is 24.3 Å². The summed E-state index contributed by atoms with van der Waals surface area (Å²) in [6.07, 6.45) is 0. The summed E-state index contributed by atoms with van der Waals surface area (Å²) in [6, 6.07) is 15.1. The van der Waals surface area contributed by atoms with Crippen LogP contribution in [0.3, 0.4) is 0 Å². The van der Waals surface area contributed by atoms with Crippen LogP contribution in [0.2, 0.25) is 0 Å². The zero-order chi connectivity index (χ0) is 17.9. The molecule has 0 amide bonds. The molecule has 0 unspecified atom stereocenters. The second kappa shape index (κ2) is 7.25. The average molecular weight is 358 g/mol. The number of aliphatic imine (C=N–C) groups is 1. The molecule has 2 aromatic rings. The van der Waals surface area contributed by atoms with Gasteiger partial charge in [-0.2, -0.15) is 0 Å². The summed E-state index contributed by atoms with van der Waals surface area (Å²) in [5.41, 5.74) is 3.44. The zero-order valence-electron chi connectivity index (χ0n) is 14.4. The third-order valence-electron chi connectivity index (χ3n) is 3.99. The van der Waals surface area contributed by atoms with Gasteiger partial charge in [0.1, 0.15) is 0 Å². The first-order valence-corrected chi connectivity index (χ1v) is 9.56. The van der Waals surface area contributed by atoms with Crippen molar-refractivity contribution in [2.75, 3.05) is 13.3 Å². The molecule has 0 aromatic heterocycles. The number of guanidine groups is 1. The van der Waals surface area contributed by atoms with Crippen LogP contribution >= 0.6 is 0 Å². The monoisotopic (exact) mass is 358 g/mol. The van der Waals surface area contributed by atoms with Gasteiger partial charge in [-0.25, -0.2) is 18.1 Å². The first kappa shape index (κ1) is 17.4. The molecule has 0 saturated carbocycles. The Morgan fingerprint density at radius 1 is 1.04 bits per heavy atom. The van der Waals surface area contributed by atoms with Crippen LogP contribution in [0.1, 0.15) is 16.7 Å². The lowest BCUT2D eigenvalue weighted by molar-refractivity contribution is 0.255. The molecule has 0 bridgehead atoms. The number of sulfonamides is 1. The van der Waals surface area contributed by atoms with E-state index in [9.17, 15) is 8.42 Å². The van der Waals surface area contributed by atoms with Crippen molar-refractivity contribution in [2.24, 2.45) is 4.99 Å². The van der Waals surface area contributed by atoms with Gasteiger partial charge in [0.15, 0.2) is 0 Å². The van der Waals surface area contributed by atoms with Crippen LogP contribution in [0.15, 0.2) is 58.4 Å². The van der Waals surface area contributed by atoms with E-state index in [0.29, 0.717) is 13.3 Å². The summed E-state index contributed by atoms with van der Waals surface area (Å²) in [5, 5.41) is 3.02. The maximum atomic E-state index is 12.4. The quantitative estimate of drug-likeness (QED) is 0.876. The molecule has 2 aromatic carbocycles. The summed E-state index contributed by atoms with van der Waals surface area (Å²) in [7, 11) is -3.62. The Kier molecular flexibility index (Phi) is 5.06. The lowest BCUT2D eigenvalue weighted by Crippen LogP contribution is -2.49. The van der Waals surface area contributed by atoms with Gasteiger partial charge in [-0.1, -0.05) is 47.5 Å². The minimum absolute atomic E-state index is 0.227. The Hall–Kier alpha value is -2.38. The molecule has 2 N–H and O–H groups in total. The van der Waals surface area contributed by atoms with E-state index < -0.39 is 10.0 Å². The molecule has 6 nitrogen and oxygen atoms in total. The van der Waals surface area contributed by atoms with Gasteiger partial charge in [-0.3, -0.25) is 4.90 Å². The molecule has 3 rings (SSSR count).